The second-order valence-corrected chi connectivity index (χ2v) is 3.50. The first-order valence-corrected chi connectivity index (χ1v) is 4.76. The number of nitrogens with zero attached hydrogens (tertiary/aromatic N) is 1. The first kappa shape index (κ1) is 11.1. The molecular weight excluding hydrogens is 220 g/mol. The lowest BCUT2D eigenvalue weighted by Crippen LogP contribution is -1.99. The van der Waals surface area contributed by atoms with E-state index in [2.05, 4.69) is 4.98 Å². The molecule has 0 spiro atoms. The third kappa shape index (κ3) is 1.83. The molecule has 2 aliphatic rings. The van der Waals surface area contributed by atoms with Gasteiger partial charge in [-0.3, -0.25) is 4.79 Å². The van der Waals surface area contributed by atoms with Gasteiger partial charge in [0.15, 0.2) is 16.8 Å². The number of benzene rings is 2. The van der Waals surface area contributed by atoms with Crippen LogP contribution in [0.15, 0.2) is 45.6 Å². The second kappa shape index (κ2) is 3.88. The average molecular weight is 231 g/mol. The molecule has 0 saturated carbocycles. The Morgan fingerprint density at radius 3 is 2.76 bits per heavy atom. The lowest BCUT2D eigenvalue weighted by molar-refractivity contribution is 0.474. The third-order valence-electron chi connectivity index (χ3n) is 2.34. The highest BCUT2D eigenvalue weighted by molar-refractivity contribution is 5.77. The van der Waals surface area contributed by atoms with Crippen LogP contribution in [0, 0.1) is 0 Å². The number of phenols is 1. The molecule has 1 aromatic rings. The van der Waals surface area contributed by atoms with Crippen LogP contribution >= 0.6 is 0 Å². The number of phenolic OH excluding ortho intramolecular Hbond substituents is 1. The Balaban J connectivity index is 0.00000108. The van der Waals surface area contributed by atoms with Gasteiger partial charge in [-0.05, 0) is 24.3 Å². The van der Waals surface area contributed by atoms with Crippen molar-refractivity contribution in [3.63, 3.8) is 0 Å². The summed E-state index contributed by atoms with van der Waals surface area (Å²) in [7, 11) is 0. The van der Waals surface area contributed by atoms with E-state index in [9.17, 15) is 9.90 Å². The Bertz CT molecular complexity index is 706. The van der Waals surface area contributed by atoms with E-state index in [-0.39, 0.29) is 17.3 Å². The van der Waals surface area contributed by atoms with Crippen LogP contribution in [-0.2, 0) is 0 Å². The van der Waals surface area contributed by atoms with Crippen molar-refractivity contribution in [2.24, 2.45) is 0 Å². The predicted molar refractivity (Wildman–Crippen MR) is 64.6 cm³/mol. The van der Waals surface area contributed by atoms with Gasteiger partial charge in [0.25, 0.3) is 0 Å². The third-order valence-corrected chi connectivity index (χ3v) is 2.34. The van der Waals surface area contributed by atoms with Crippen LogP contribution in [0.3, 0.4) is 0 Å². The molecule has 0 saturated heterocycles. The summed E-state index contributed by atoms with van der Waals surface area (Å²) in [6.07, 6.45) is 0. The zero-order valence-electron chi connectivity index (χ0n) is 9.18. The van der Waals surface area contributed by atoms with Crippen LogP contribution < -0.4 is 11.6 Å². The Hall–Kier alpha value is -2.40. The number of hydrogen-bond acceptors (Lipinski definition) is 4. The molecule has 86 valence electrons. The summed E-state index contributed by atoms with van der Waals surface area (Å²) in [6, 6.07) is 9.12. The zero-order valence-corrected chi connectivity index (χ0v) is 9.18. The van der Waals surface area contributed by atoms with Crippen molar-refractivity contribution < 1.29 is 9.52 Å². The molecule has 0 aromatic heterocycles. The minimum Gasteiger partial charge on any atom is -0.508 e. The van der Waals surface area contributed by atoms with E-state index in [4.69, 9.17) is 4.42 Å². The maximum Gasteiger partial charge on any atom is 0.182 e. The molecule has 0 atom stereocenters. The van der Waals surface area contributed by atoms with Gasteiger partial charge < -0.3 is 15.7 Å². The first-order valence-electron chi connectivity index (χ1n) is 4.76. The topological polar surface area (TPSA) is 99.8 Å². The van der Waals surface area contributed by atoms with Crippen molar-refractivity contribution in [2.45, 2.75) is 0 Å². The SMILES string of the molecule is O=c1ccc2nc3ccc(O)cc3oc-2c1.[NH4+]. The van der Waals surface area contributed by atoms with Gasteiger partial charge in [0, 0.05) is 12.1 Å². The average Bonchev–Trinajstić information content (AvgIpc) is 2.26. The lowest BCUT2D eigenvalue weighted by atomic mass is 10.2. The van der Waals surface area contributed by atoms with Gasteiger partial charge in [-0.15, -0.1) is 0 Å². The zero-order chi connectivity index (χ0) is 11.1. The highest BCUT2D eigenvalue weighted by atomic mass is 16.3. The van der Waals surface area contributed by atoms with Crippen molar-refractivity contribution in [3.8, 4) is 17.2 Å². The quantitative estimate of drug-likeness (QED) is 0.580. The maximum atomic E-state index is 11.1. The molecule has 5 heteroatoms. The number of quaternary nitrogens is 1. The molecule has 0 radical (unpaired) electrons. The van der Waals surface area contributed by atoms with Gasteiger partial charge in [0.05, 0.1) is 0 Å². The second-order valence-electron chi connectivity index (χ2n) is 3.50. The summed E-state index contributed by atoms with van der Waals surface area (Å²) >= 11 is 0. The Labute approximate surface area is 96.3 Å². The van der Waals surface area contributed by atoms with Gasteiger partial charge in [-0.2, -0.15) is 0 Å². The molecule has 0 fully saturated rings. The number of aromatic hydroxyl groups is 1. The Morgan fingerprint density at radius 1 is 1.12 bits per heavy atom. The van der Waals surface area contributed by atoms with Gasteiger partial charge >= 0.3 is 0 Å². The minimum atomic E-state index is -0.127. The summed E-state index contributed by atoms with van der Waals surface area (Å²) in [5.41, 5.74) is 1.59. The van der Waals surface area contributed by atoms with Crippen molar-refractivity contribution in [3.05, 3.63) is 46.6 Å². The van der Waals surface area contributed by atoms with Crippen LogP contribution in [-0.4, -0.2) is 10.1 Å². The van der Waals surface area contributed by atoms with Gasteiger partial charge in [0.2, 0.25) is 0 Å². The fourth-order valence-corrected chi connectivity index (χ4v) is 1.59. The van der Waals surface area contributed by atoms with Crippen molar-refractivity contribution in [2.75, 3.05) is 0 Å². The van der Waals surface area contributed by atoms with E-state index in [1.54, 1.807) is 18.2 Å². The maximum absolute atomic E-state index is 11.1. The number of aromatic nitrogens is 1. The molecule has 1 aliphatic carbocycles. The van der Waals surface area contributed by atoms with E-state index in [1.807, 2.05) is 0 Å². The van der Waals surface area contributed by atoms with Crippen LogP contribution in [0.2, 0.25) is 0 Å². The predicted octanol–water partition coefficient (Wildman–Crippen LogP) is 2.37. The van der Waals surface area contributed by atoms with Crippen molar-refractivity contribution in [1.29, 1.82) is 0 Å². The smallest absolute Gasteiger partial charge is 0.182 e. The molecule has 0 unspecified atom stereocenters. The molecule has 1 heterocycles. The molecule has 17 heavy (non-hydrogen) atoms. The Morgan fingerprint density at radius 2 is 1.94 bits per heavy atom. The summed E-state index contributed by atoms with van der Waals surface area (Å²) in [6.45, 7) is 0. The molecule has 1 aliphatic heterocycles. The fraction of sp³-hybridized carbons (Fsp3) is 0. The number of rotatable bonds is 0. The molecule has 5 N–H and O–H groups in total. The molecular formula is C12H11N2O3+. The van der Waals surface area contributed by atoms with Crippen molar-refractivity contribution >= 4 is 11.1 Å². The van der Waals surface area contributed by atoms with Crippen LogP contribution in [0.5, 0.6) is 5.75 Å². The summed E-state index contributed by atoms with van der Waals surface area (Å²) < 4.78 is 5.49. The lowest BCUT2D eigenvalue weighted by Gasteiger charge is -2.05. The van der Waals surface area contributed by atoms with Crippen molar-refractivity contribution in [1.82, 2.24) is 11.1 Å². The molecule has 0 bridgehead atoms. The molecule has 5 nitrogen and oxygen atoms in total. The molecule has 1 aromatic carbocycles. The van der Waals surface area contributed by atoms with Crippen LogP contribution in [0.25, 0.3) is 22.6 Å². The van der Waals surface area contributed by atoms with Gasteiger partial charge in [-0.25, -0.2) is 4.98 Å². The van der Waals surface area contributed by atoms with E-state index in [0.717, 1.165) is 0 Å². The van der Waals surface area contributed by atoms with E-state index >= 15 is 0 Å². The first-order chi connectivity index (χ1) is 7.72. The Kier molecular flexibility index (Phi) is 2.53. The van der Waals surface area contributed by atoms with E-state index in [1.165, 1.54) is 18.2 Å². The summed E-state index contributed by atoms with van der Waals surface area (Å²) in [4.78, 5) is 15.5. The summed E-state index contributed by atoms with van der Waals surface area (Å²) in [5.74, 6) is 0.529. The minimum absolute atomic E-state index is 0. The summed E-state index contributed by atoms with van der Waals surface area (Å²) in [5, 5.41) is 9.31. The highest BCUT2D eigenvalue weighted by Crippen LogP contribution is 2.25. The number of fused-ring (bicyclic) bond motifs is 2. The largest absolute Gasteiger partial charge is 0.508 e. The monoisotopic (exact) mass is 231 g/mol. The molecule has 0 amide bonds. The van der Waals surface area contributed by atoms with E-state index in [0.29, 0.717) is 22.6 Å². The highest BCUT2D eigenvalue weighted by Gasteiger charge is 2.08. The normalized spacial score (nSPS) is 10.4. The van der Waals surface area contributed by atoms with Crippen LogP contribution in [0.1, 0.15) is 0 Å². The fourth-order valence-electron chi connectivity index (χ4n) is 1.59. The van der Waals surface area contributed by atoms with Gasteiger partial charge in [0.1, 0.15) is 17.0 Å². The van der Waals surface area contributed by atoms with Crippen LogP contribution in [0.4, 0.5) is 0 Å². The standard InChI is InChI=1S/C12H7NO3.H3N/c14-7-1-3-9-11(5-7)16-12-6-8(15)2-4-10(12)13-9;/h1-6,14H;1H3/p+1. The molecule has 3 rings (SSSR count). The van der Waals surface area contributed by atoms with E-state index < -0.39 is 0 Å². The number of hydrogen-bond donors (Lipinski definition) is 2. The van der Waals surface area contributed by atoms with Gasteiger partial charge in [-0.1, -0.05) is 0 Å².